The molecule has 0 heterocycles. The number of aromatic hydroxyl groups is 2. The molecule has 0 aliphatic heterocycles. The normalized spacial score (nSPS) is 18.4. The molecule has 1 unspecified atom stereocenters. The van der Waals surface area contributed by atoms with Crippen molar-refractivity contribution >= 4 is 22.2 Å². The summed E-state index contributed by atoms with van der Waals surface area (Å²) in [6.07, 6.45) is 0.188. The minimum Gasteiger partial charge on any atom is -0.507 e. The van der Waals surface area contributed by atoms with E-state index >= 15 is 0 Å². The number of phenolic OH excluding ortho intramolecular Hbond substituents is 2. The molecule has 20 heavy (non-hydrogen) atoms. The number of rotatable bonds is 1. The van der Waals surface area contributed by atoms with Gasteiger partial charge in [0.05, 0.1) is 17.7 Å². The second kappa shape index (κ2) is 4.31. The summed E-state index contributed by atoms with van der Waals surface area (Å²) >= 11 is 0. The lowest BCUT2D eigenvalue weighted by atomic mass is 9.79. The summed E-state index contributed by atoms with van der Waals surface area (Å²) in [5.41, 5.74) is 0.568. The van der Waals surface area contributed by atoms with Crippen LogP contribution in [0.4, 0.5) is 0 Å². The Kier molecular flexibility index (Phi) is 2.72. The van der Waals surface area contributed by atoms with Crippen LogP contribution in [0.25, 0.3) is 10.8 Å². The van der Waals surface area contributed by atoms with Crippen LogP contribution >= 0.6 is 0 Å². The fraction of sp³-hybridized carbons (Fsp3) is 0.200. The Morgan fingerprint density at radius 1 is 1.00 bits per heavy atom. The summed E-state index contributed by atoms with van der Waals surface area (Å²) in [7, 11) is 0. The van der Waals surface area contributed by atoms with Gasteiger partial charge in [0.15, 0.2) is 0 Å². The summed E-state index contributed by atoms with van der Waals surface area (Å²) in [6.45, 7) is -0.256. The van der Waals surface area contributed by atoms with Crippen LogP contribution in [0.15, 0.2) is 24.3 Å². The molecule has 3 rings (SSSR count). The first kappa shape index (κ1) is 12.6. The fourth-order valence-electron chi connectivity index (χ4n) is 2.77. The second-order valence-corrected chi connectivity index (χ2v) is 4.97. The van der Waals surface area contributed by atoms with Gasteiger partial charge in [-0.15, -0.1) is 0 Å². The number of fused-ring (bicyclic) bond motifs is 2. The van der Waals surface area contributed by atoms with E-state index in [9.17, 15) is 15.3 Å². The van der Waals surface area contributed by atoms with Crippen molar-refractivity contribution in [3.8, 4) is 11.5 Å². The van der Waals surface area contributed by atoms with Gasteiger partial charge in [-0.25, -0.2) is 0 Å². The van der Waals surface area contributed by atoms with E-state index in [0.29, 0.717) is 10.8 Å². The van der Waals surface area contributed by atoms with Crippen LogP contribution in [-0.4, -0.2) is 33.3 Å². The number of benzene rings is 2. The summed E-state index contributed by atoms with van der Waals surface area (Å²) in [6, 6.07) is 6.79. The highest BCUT2D eigenvalue weighted by Crippen LogP contribution is 2.43. The van der Waals surface area contributed by atoms with E-state index in [2.05, 4.69) is 0 Å². The number of aliphatic hydroxyl groups is 1. The number of nitrogens with one attached hydrogen (secondary N) is 2. The van der Waals surface area contributed by atoms with Crippen LogP contribution in [0.1, 0.15) is 17.5 Å². The van der Waals surface area contributed by atoms with Crippen molar-refractivity contribution in [1.82, 2.24) is 0 Å². The van der Waals surface area contributed by atoms with E-state index in [1.807, 2.05) is 0 Å². The molecule has 5 nitrogen and oxygen atoms in total. The maximum Gasteiger partial charge on any atom is 0.133 e. The first-order chi connectivity index (χ1) is 9.56. The molecule has 5 N–H and O–H groups in total. The van der Waals surface area contributed by atoms with Gasteiger partial charge in [-0.3, -0.25) is 0 Å². The maximum absolute atomic E-state index is 10.4. The molecule has 2 aromatic rings. The minimum absolute atomic E-state index is 0.0667. The van der Waals surface area contributed by atoms with Gasteiger partial charge in [-0.1, -0.05) is 24.3 Å². The van der Waals surface area contributed by atoms with Crippen molar-refractivity contribution in [1.29, 1.82) is 10.8 Å². The molecule has 1 aliphatic rings. The highest BCUT2D eigenvalue weighted by atomic mass is 16.3. The third kappa shape index (κ3) is 1.53. The molecule has 0 amide bonds. The van der Waals surface area contributed by atoms with E-state index in [0.717, 1.165) is 0 Å². The van der Waals surface area contributed by atoms with Gasteiger partial charge in [0.2, 0.25) is 0 Å². The monoisotopic (exact) mass is 270 g/mol. The molecule has 102 valence electrons. The topological polar surface area (TPSA) is 108 Å². The molecule has 0 fully saturated rings. The van der Waals surface area contributed by atoms with Crippen molar-refractivity contribution < 1.29 is 15.3 Å². The molecule has 0 bridgehead atoms. The fourth-order valence-corrected chi connectivity index (χ4v) is 2.77. The largest absolute Gasteiger partial charge is 0.507 e. The molecule has 0 aromatic heterocycles. The Labute approximate surface area is 115 Å². The Bertz CT molecular complexity index is 752. The van der Waals surface area contributed by atoms with Gasteiger partial charge >= 0.3 is 0 Å². The molecule has 0 saturated carbocycles. The van der Waals surface area contributed by atoms with Crippen LogP contribution in [0.3, 0.4) is 0 Å². The zero-order chi connectivity index (χ0) is 14.4. The third-order valence-electron chi connectivity index (χ3n) is 3.81. The van der Waals surface area contributed by atoms with Gasteiger partial charge in [0.1, 0.15) is 11.5 Å². The number of aliphatic hydroxyl groups excluding tert-OH is 1. The van der Waals surface area contributed by atoms with Gasteiger partial charge in [-0.2, -0.15) is 0 Å². The molecule has 1 atom stereocenters. The quantitative estimate of drug-likeness (QED) is 0.511. The van der Waals surface area contributed by atoms with Crippen LogP contribution in [0, 0.1) is 16.7 Å². The molecular weight excluding hydrogens is 256 g/mol. The first-order valence-electron chi connectivity index (χ1n) is 6.30. The summed E-state index contributed by atoms with van der Waals surface area (Å²) in [5, 5.41) is 47.1. The van der Waals surface area contributed by atoms with Gasteiger partial charge < -0.3 is 26.1 Å². The van der Waals surface area contributed by atoms with Gasteiger partial charge in [0.25, 0.3) is 0 Å². The molecule has 5 heteroatoms. The van der Waals surface area contributed by atoms with E-state index in [4.69, 9.17) is 10.8 Å². The van der Waals surface area contributed by atoms with Crippen molar-refractivity contribution in [2.75, 3.05) is 6.61 Å². The standard InChI is InChI=1S/C15H14N2O3/c16-10-5-7(6-18)13(17)12-11(10)14(19)8-3-1-2-4-9(8)15(12)20/h1-4,7,16-20H,5-6H2. The smallest absolute Gasteiger partial charge is 0.133 e. The Morgan fingerprint density at radius 2 is 1.55 bits per heavy atom. The predicted molar refractivity (Wildman–Crippen MR) is 76.1 cm³/mol. The molecular formula is C15H14N2O3. The highest BCUT2D eigenvalue weighted by Gasteiger charge is 2.33. The summed E-state index contributed by atoms with van der Waals surface area (Å²) < 4.78 is 0. The van der Waals surface area contributed by atoms with Crippen LogP contribution in [-0.2, 0) is 0 Å². The Balaban J connectivity index is 2.43. The predicted octanol–water partition coefficient (Wildman–Crippen LogP) is 2.00. The first-order valence-corrected chi connectivity index (χ1v) is 6.30. The minimum atomic E-state index is -0.513. The van der Waals surface area contributed by atoms with Crippen LogP contribution in [0.2, 0.25) is 0 Å². The maximum atomic E-state index is 10.4. The summed E-state index contributed by atoms with van der Waals surface area (Å²) in [4.78, 5) is 0. The van der Waals surface area contributed by atoms with Crippen LogP contribution < -0.4 is 0 Å². The SMILES string of the molecule is N=C1CC(CO)C(=N)c2c1c(O)c1ccccc1c2O. The van der Waals surface area contributed by atoms with Crippen molar-refractivity contribution in [2.24, 2.45) is 5.92 Å². The van der Waals surface area contributed by atoms with E-state index in [1.165, 1.54) is 0 Å². The lowest BCUT2D eigenvalue weighted by Gasteiger charge is -2.27. The molecule has 0 radical (unpaired) electrons. The second-order valence-electron chi connectivity index (χ2n) is 4.97. The van der Waals surface area contributed by atoms with E-state index < -0.39 is 5.92 Å². The van der Waals surface area contributed by atoms with E-state index in [1.54, 1.807) is 24.3 Å². The lowest BCUT2D eigenvalue weighted by molar-refractivity contribution is 0.263. The van der Waals surface area contributed by atoms with Gasteiger partial charge in [0, 0.05) is 34.5 Å². The average molecular weight is 270 g/mol. The molecule has 2 aromatic carbocycles. The molecule has 0 saturated heterocycles. The average Bonchev–Trinajstić information content (AvgIpc) is 2.46. The zero-order valence-electron chi connectivity index (χ0n) is 10.6. The summed E-state index contributed by atoms with van der Waals surface area (Å²) in [5.74, 6) is -0.706. The number of hydrogen-bond acceptors (Lipinski definition) is 5. The zero-order valence-corrected chi connectivity index (χ0v) is 10.6. The van der Waals surface area contributed by atoms with Crippen molar-refractivity contribution in [3.05, 3.63) is 35.4 Å². The van der Waals surface area contributed by atoms with Crippen molar-refractivity contribution in [3.63, 3.8) is 0 Å². The lowest BCUT2D eigenvalue weighted by Crippen LogP contribution is -2.29. The Morgan fingerprint density at radius 3 is 2.10 bits per heavy atom. The van der Waals surface area contributed by atoms with Crippen molar-refractivity contribution in [2.45, 2.75) is 6.42 Å². The van der Waals surface area contributed by atoms with Gasteiger partial charge in [-0.05, 0) is 0 Å². The molecule has 1 aliphatic carbocycles. The number of hydrogen-bond donors (Lipinski definition) is 5. The highest BCUT2D eigenvalue weighted by molar-refractivity contribution is 6.23. The molecule has 0 spiro atoms. The van der Waals surface area contributed by atoms with E-state index in [-0.39, 0.29) is 47.1 Å². The third-order valence-corrected chi connectivity index (χ3v) is 3.81. The van der Waals surface area contributed by atoms with Crippen LogP contribution in [0.5, 0.6) is 11.5 Å². The number of phenols is 2. The Hall–Kier alpha value is -2.40.